The van der Waals surface area contributed by atoms with Gasteiger partial charge in [0.15, 0.2) is 0 Å². The highest BCUT2D eigenvalue weighted by atomic mass is 16.6. The van der Waals surface area contributed by atoms with Gasteiger partial charge in [0, 0.05) is 12.5 Å². The number of nitro groups is 1. The highest BCUT2D eigenvalue weighted by molar-refractivity contribution is 5.55. The number of hydrogen-bond acceptors (Lipinski definition) is 6. The number of hydrogen-bond donors (Lipinski definition) is 1. The molecule has 0 aliphatic carbocycles. The van der Waals surface area contributed by atoms with Crippen molar-refractivity contribution in [2.45, 2.75) is 6.42 Å². The van der Waals surface area contributed by atoms with Crippen LogP contribution in [0.1, 0.15) is 11.3 Å². The number of aromatic nitrogens is 3. The van der Waals surface area contributed by atoms with Crippen molar-refractivity contribution in [1.29, 1.82) is 5.26 Å². The molecule has 0 aliphatic heterocycles. The quantitative estimate of drug-likeness (QED) is 0.630. The molecule has 0 fully saturated rings. The first kappa shape index (κ1) is 12.7. The van der Waals surface area contributed by atoms with Gasteiger partial charge in [-0.2, -0.15) is 5.26 Å². The standard InChI is InChI=1S/C11H10N6O2/c12-4-3-9-7-16(15-14-9)10-2-1-8(6-13)5-11(10)17(18)19/h1-2,5,7H,3-4,12H2. The Labute approximate surface area is 108 Å². The van der Waals surface area contributed by atoms with Gasteiger partial charge in [-0.1, -0.05) is 5.21 Å². The van der Waals surface area contributed by atoms with Crippen molar-refractivity contribution < 1.29 is 4.92 Å². The zero-order valence-corrected chi connectivity index (χ0v) is 9.85. The fraction of sp³-hybridized carbons (Fsp3) is 0.182. The Morgan fingerprint density at radius 1 is 1.53 bits per heavy atom. The van der Waals surface area contributed by atoms with E-state index in [-0.39, 0.29) is 16.9 Å². The molecule has 0 radical (unpaired) electrons. The largest absolute Gasteiger partial charge is 0.330 e. The molecule has 0 amide bonds. The van der Waals surface area contributed by atoms with Crippen LogP contribution in [0.2, 0.25) is 0 Å². The van der Waals surface area contributed by atoms with Gasteiger partial charge < -0.3 is 5.73 Å². The number of nitrogens with zero attached hydrogens (tertiary/aromatic N) is 5. The van der Waals surface area contributed by atoms with Gasteiger partial charge in [-0.3, -0.25) is 10.1 Å². The lowest BCUT2D eigenvalue weighted by Crippen LogP contribution is -2.03. The van der Waals surface area contributed by atoms with E-state index in [0.29, 0.717) is 18.7 Å². The monoisotopic (exact) mass is 258 g/mol. The fourth-order valence-electron chi connectivity index (χ4n) is 1.61. The lowest BCUT2D eigenvalue weighted by Gasteiger charge is -2.01. The van der Waals surface area contributed by atoms with E-state index in [9.17, 15) is 10.1 Å². The summed E-state index contributed by atoms with van der Waals surface area (Å²) in [7, 11) is 0. The smallest absolute Gasteiger partial charge is 0.296 e. The second-order valence-corrected chi connectivity index (χ2v) is 3.77. The number of benzene rings is 1. The molecule has 1 aromatic heterocycles. The molecule has 0 saturated carbocycles. The van der Waals surface area contributed by atoms with Gasteiger partial charge >= 0.3 is 0 Å². The SMILES string of the molecule is N#Cc1ccc(-n2cc(CCN)nn2)c([N+](=O)[O-])c1. The molecular formula is C11H10N6O2. The van der Waals surface area contributed by atoms with Gasteiger partial charge in [0.1, 0.15) is 5.69 Å². The summed E-state index contributed by atoms with van der Waals surface area (Å²) in [6.45, 7) is 0.425. The maximum Gasteiger partial charge on any atom is 0.296 e. The molecule has 2 N–H and O–H groups in total. The highest BCUT2D eigenvalue weighted by Gasteiger charge is 2.17. The summed E-state index contributed by atoms with van der Waals surface area (Å²) in [6, 6.07) is 6.03. The first-order chi connectivity index (χ1) is 9.15. The summed E-state index contributed by atoms with van der Waals surface area (Å²) in [5.41, 5.74) is 6.35. The Bertz CT molecular complexity index is 657. The third-order valence-electron chi connectivity index (χ3n) is 2.49. The van der Waals surface area contributed by atoms with E-state index < -0.39 is 4.92 Å². The number of nitriles is 1. The van der Waals surface area contributed by atoms with Crippen LogP contribution in [0.25, 0.3) is 5.69 Å². The topological polar surface area (TPSA) is 124 Å². The van der Waals surface area contributed by atoms with E-state index in [1.165, 1.54) is 22.9 Å². The zero-order chi connectivity index (χ0) is 13.8. The average molecular weight is 258 g/mol. The summed E-state index contributed by atoms with van der Waals surface area (Å²) in [6.07, 6.45) is 2.13. The molecule has 0 aliphatic rings. The van der Waals surface area contributed by atoms with Crippen LogP contribution in [0.3, 0.4) is 0 Å². The van der Waals surface area contributed by atoms with Gasteiger partial charge in [0.05, 0.1) is 28.4 Å². The molecule has 2 aromatic rings. The van der Waals surface area contributed by atoms with Gasteiger partial charge in [0.25, 0.3) is 5.69 Å². The van der Waals surface area contributed by atoms with E-state index >= 15 is 0 Å². The van der Waals surface area contributed by atoms with E-state index in [4.69, 9.17) is 11.0 Å². The summed E-state index contributed by atoms with van der Waals surface area (Å²) in [5.74, 6) is 0. The van der Waals surface area contributed by atoms with Crippen LogP contribution in [-0.2, 0) is 6.42 Å². The van der Waals surface area contributed by atoms with Crippen molar-refractivity contribution >= 4 is 5.69 Å². The van der Waals surface area contributed by atoms with Gasteiger partial charge in [-0.05, 0) is 18.7 Å². The third kappa shape index (κ3) is 2.56. The van der Waals surface area contributed by atoms with Gasteiger partial charge in [-0.15, -0.1) is 5.10 Å². The summed E-state index contributed by atoms with van der Waals surface area (Å²) in [5, 5.41) is 27.5. The van der Waals surface area contributed by atoms with E-state index in [0.717, 1.165) is 0 Å². The van der Waals surface area contributed by atoms with Crippen LogP contribution in [0.4, 0.5) is 5.69 Å². The number of nitro benzene ring substituents is 1. The van der Waals surface area contributed by atoms with E-state index in [1.54, 1.807) is 6.20 Å². The van der Waals surface area contributed by atoms with E-state index in [1.807, 2.05) is 6.07 Å². The first-order valence-corrected chi connectivity index (χ1v) is 5.46. The zero-order valence-electron chi connectivity index (χ0n) is 9.85. The normalized spacial score (nSPS) is 10.1. The predicted molar refractivity (Wildman–Crippen MR) is 65.5 cm³/mol. The Balaban J connectivity index is 2.48. The molecule has 1 aromatic carbocycles. The Hall–Kier alpha value is -2.79. The molecule has 2 rings (SSSR count). The Morgan fingerprint density at radius 2 is 2.32 bits per heavy atom. The first-order valence-electron chi connectivity index (χ1n) is 5.46. The minimum atomic E-state index is -0.555. The fourth-order valence-corrected chi connectivity index (χ4v) is 1.61. The maximum absolute atomic E-state index is 11.0. The molecule has 0 bridgehead atoms. The Morgan fingerprint density at radius 3 is 2.95 bits per heavy atom. The van der Waals surface area contributed by atoms with Crippen molar-refractivity contribution in [2.75, 3.05) is 6.54 Å². The lowest BCUT2D eigenvalue weighted by atomic mass is 10.2. The average Bonchev–Trinajstić information content (AvgIpc) is 2.87. The molecule has 0 saturated heterocycles. The van der Waals surface area contributed by atoms with Crippen molar-refractivity contribution in [2.24, 2.45) is 5.73 Å². The number of rotatable bonds is 4. The molecule has 8 heteroatoms. The van der Waals surface area contributed by atoms with Crippen molar-refractivity contribution in [3.05, 3.63) is 45.8 Å². The van der Waals surface area contributed by atoms with Crippen LogP contribution in [0.5, 0.6) is 0 Å². The minimum absolute atomic E-state index is 0.191. The van der Waals surface area contributed by atoms with Crippen molar-refractivity contribution in [1.82, 2.24) is 15.0 Å². The highest BCUT2D eigenvalue weighted by Crippen LogP contribution is 2.23. The molecular weight excluding hydrogens is 248 g/mol. The molecule has 19 heavy (non-hydrogen) atoms. The molecule has 0 spiro atoms. The number of nitrogens with two attached hydrogens (primary N) is 1. The van der Waals surface area contributed by atoms with Crippen molar-refractivity contribution in [3.63, 3.8) is 0 Å². The van der Waals surface area contributed by atoms with Crippen LogP contribution >= 0.6 is 0 Å². The third-order valence-corrected chi connectivity index (χ3v) is 2.49. The molecule has 0 atom stereocenters. The van der Waals surface area contributed by atoms with Crippen molar-refractivity contribution in [3.8, 4) is 11.8 Å². The summed E-state index contributed by atoms with van der Waals surface area (Å²) < 4.78 is 1.31. The van der Waals surface area contributed by atoms with E-state index in [2.05, 4.69) is 10.3 Å². The molecule has 1 heterocycles. The Kier molecular flexibility index (Phi) is 3.49. The second kappa shape index (κ2) is 5.24. The van der Waals surface area contributed by atoms with Crippen LogP contribution in [0.15, 0.2) is 24.4 Å². The van der Waals surface area contributed by atoms with Crippen LogP contribution < -0.4 is 5.73 Å². The lowest BCUT2D eigenvalue weighted by molar-refractivity contribution is -0.384. The van der Waals surface area contributed by atoms with Gasteiger partial charge in [0.2, 0.25) is 0 Å². The van der Waals surface area contributed by atoms with Crippen LogP contribution in [-0.4, -0.2) is 26.5 Å². The molecule has 0 unspecified atom stereocenters. The van der Waals surface area contributed by atoms with Crippen LogP contribution in [0, 0.1) is 21.4 Å². The van der Waals surface area contributed by atoms with Gasteiger partial charge in [-0.25, -0.2) is 4.68 Å². The second-order valence-electron chi connectivity index (χ2n) is 3.77. The predicted octanol–water partition coefficient (Wildman–Crippen LogP) is 0.548. The molecule has 96 valence electrons. The molecule has 8 nitrogen and oxygen atoms in total. The maximum atomic E-state index is 11.0. The summed E-state index contributed by atoms with van der Waals surface area (Å²) >= 11 is 0. The summed E-state index contributed by atoms with van der Waals surface area (Å²) in [4.78, 5) is 10.5. The minimum Gasteiger partial charge on any atom is -0.330 e.